The van der Waals surface area contributed by atoms with E-state index in [1.807, 2.05) is 0 Å². The Morgan fingerprint density at radius 2 is 2.00 bits per heavy atom. The Kier molecular flexibility index (Phi) is 6.17. The van der Waals surface area contributed by atoms with Crippen molar-refractivity contribution in [3.8, 4) is 0 Å². The maximum Gasteiger partial charge on any atom is 0.177 e. The zero-order valence-corrected chi connectivity index (χ0v) is 13.7. The summed E-state index contributed by atoms with van der Waals surface area (Å²) in [5, 5.41) is 0.437. The van der Waals surface area contributed by atoms with E-state index in [1.165, 1.54) is 24.1 Å². The van der Waals surface area contributed by atoms with Crippen molar-refractivity contribution in [3.05, 3.63) is 33.8 Å². The molecule has 0 N–H and O–H groups in total. The van der Waals surface area contributed by atoms with Crippen LogP contribution in [0, 0.1) is 0 Å². The summed E-state index contributed by atoms with van der Waals surface area (Å²) in [5.41, 5.74) is 0.408. The number of carbonyl (C=O) groups is 1. The maximum absolute atomic E-state index is 12.1. The summed E-state index contributed by atoms with van der Waals surface area (Å²) in [7, 11) is -3.00. The Labute approximate surface area is 127 Å². The van der Waals surface area contributed by atoms with Crippen LogP contribution in [0.15, 0.2) is 18.2 Å². The molecule has 0 aliphatic rings. The second kappa shape index (κ2) is 6.97. The standard InChI is InChI=1S/C12H14Cl2O3S2/c1-8(18-5-6-19(2,16)17)12(15)10-4-3-9(13)7-11(10)14/h3-4,7-8H,5-6H2,1-2H3. The van der Waals surface area contributed by atoms with Crippen LogP contribution in [0.3, 0.4) is 0 Å². The molecule has 1 rings (SSSR count). The first-order valence-corrected chi connectivity index (χ1v) is 9.36. The highest BCUT2D eigenvalue weighted by Gasteiger charge is 2.19. The summed E-state index contributed by atoms with van der Waals surface area (Å²) >= 11 is 13.0. The van der Waals surface area contributed by atoms with Gasteiger partial charge in [-0.2, -0.15) is 0 Å². The van der Waals surface area contributed by atoms with Gasteiger partial charge in [0.2, 0.25) is 0 Å². The van der Waals surface area contributed by atoms with E-state index in [0.717, 1.165) is 0 Å². The highest BCUT2D eigenvalue weighted by Crippen LogP contribution is 2.25. The zero-order valence-electron chi connectivity index (χ0n) is 10.5. The monoisotopic (exact) mass is 340 g/mol. The Morgan fingerprint density at radius 1 is 1.37 bits per heavy atom. The van der Waals surface area contributed by atoms with Crippen LogP contribution in [0.2, 0.25) is 10.0 Å². The van der Waals surface area contributed by atoms with Gasteiger partial charge in [-0.15, -0.1) is 11.8 Å². The van der Waals surface area contributed by atoms with Crippen molar-refractivity contribution in [2.75, 3.05) is 17.8 Å². The van der Waals surface area contributed by atoms with Crippen molar-refractivity contribution >= 4 is 50.6 Å². The van der Waals surface area contributed by atoms with E-state index in [2.05, 4.69) is 0 Å². The first-order chi connectivity index (χ1) is 8.70. The number of thioether (sulfide) groups is 1. The molecule has 0 saturated heterocycles. The van der Waals surface area contributed by atoms with Crippen molar-refractivity contribution < 1.29 is 13.2 Å². The first-order valence-electron chi connectivity index (χ1n) is 5.49. The third kappa shape index (κ3) is 5.73. The molecular formula is C12H14Cl2O3S2. The molecule has 0 saturated carbocycles. The van der Waals surface area contributed by atoms with Crippen LogP contribution in [0.1, 0.15) is 17.3 Å². The Morgan fingerprint density at radius 3 is 2.53 bits per heavy atom. The van der Waals surface area contributed by atoms with Crippen LogP contribution in [0.25, 0.3) is 0 Å². The first kappa shape index (κ1) is 16.8. The van der Waals surface area contributed by atoms with Crippen LogP contribution < -0.4 is 0 Å². The fourth-order valence-electron chi connectivity index (χ4n) is 1.36. The van der Waals surface area contributed by atoms with E-state index in [4.69, 9.17) is 23.2 Å². The van der Waals surface area contributed by atoms with Crippen molar-refractivity contribution in [2.45, 2.75) is 12.2 Å². The molecule has 106 valence electrons. The molecule has 0 radical (unpaired) electrons. The topological polar surface area (TPSA) is 51.2 Å². The molecule has 1 aromatic carbocycles. The number of carbonyl (C=O) groups excluding carboxylic acids is 1. The number of Topliss-reactive ketones (excluding diaryl/α,β-unsaturated/α-hetero) is 1. The number of hydrogen-bond donors (Lipinski definition) is 0. The van der Waals surface area contributed by atoms with E-state index in [-0.39, 0.29) is 16.8 Å². The summed E-state index contributed by atoms with van der Waals surface area (Å²) < 4.78 is 22.0. The molecule has 0 bridgehead atoms. The van der Waals surface area contributed by atoms with Gasteiger partial charge in [-0.3, -0.25) is 4.79 Å². The molecule has 3 nitrogen and oxygen atoms in total. The lowest BCUT2D eigenvalue weighted by molar-refractivity contribution is 0.0994. The van der Waals surface area contributed by atoms with Crippen molar-refractivity contribution in [2.24, 2.45) is 0 Å². The minimum Gasteiger partial charge on any atom is -0.293 e. The van der Waals surface area contributed by atoms with Crippen LogP contribution >= 0.6 is 35.0 Å². The molecule has 1 atom stereocenters. The van der Waals surface area contributed by atoms with Crippen molar-refractivity contribution in [1.82, 2.24) is 0 Å². The van der Waals surface area contributed by atoms with Gasteiger partial charge < -0.3 is 0 Å². The molecule has 0 amide bonds. The second-order valence-electron chi connectivity index (χ2n) is 4.13. The lowest BCUT2D eigenvalue weighted by Crippen LogP contribution is -2.16. The highest BCUT2D eigenvalue weighted by molar-refractivity contribution is 8.01. The maximum atomic E-state index is 12.1. The summed E-state index contributed by atoms with van der Waals surface area (Å²) in [5.74, 6) is 0.320. The van der Waals surface area contributed by atoms with Gasteiger partial charge in [0.15, 0.2) is 5.78 Å². The Hall–Kier alpha value is -0.230. The smallest absolute Gasteiger partial charge is 0.177 e. The quantitative estimate of drug-likeness (QED) is 0.745. The van der Waals surface area contributed by atoms with Gasteiger partial charge in [-0.25, -0.2) is 8.42 Å². The van der Waals surface area contributed by atoms with Gasteiger partial charge in [-0.1, -0.05) is 23.2 Å². The van der Waals surface area contributed by atoms with Gasteiger partial charge in [0.05, 0.1) is 16.0 Å². The predicted molar refractivity (Wildman–Crippen MR) is 82.4 cm³/mol. The predicted octanol–water partition coefficient (Wildman–Crippen LogP) is 3.34. The normalized spacial score (nSPS) is 13.3. The van der Waals surface area contributed by atoms with Crippen LogP contribution in [0.5, 0.6) is 0 Å². The largest absolute Gasteiger partial charge is 0.293 e. The second-order valence-corrected chi connectivity index (χ2v) is 8.68. The van der Waals surface area contributed by atoms with E-state index in [0.29, 0.717) is 21.4 Å². The molecule has 0 fully saturated rings. The number of halogens is 2. The van der Waals surface area contributed by atoms with E-state index in [1.54, 1.807) is 19.1 Å². The SMILES string of the molecule is CC(SCCS(C)(=O)=O)C(=O)c1ccc(Cl)cc1Cl. The summed E-state index contributed by atoms with van der Waals surface area (Å²) in [6.45, 7) is 1.74. The third-order valence-electron chi connectivity index (χ3n) is 2.39. The fourth-order valence-corrected chi connectivity index (χ4v) is 4.09. The van der Waals surface area contributed by atoms with Gasteiger partial charge in [0, 0.05) is 22.6 Å². The van der Waals surface area contributed by atoms with Crippen molar-refractivity contribution in [3.63, 3.8) is 0 Å². The molecule has 7 heteroatoms. The molecule has 0 aliphatic heterocycles. The van der Waals surface area contributed by atoms with Crippen LogP contribution in [-0.4, -0.2) is 37.2 Å². The lowest BCUT2D eigenvalue weighted by atomic mass is 10.1. The zero-order chi connectivity index (χ0) is 14.6. The Bertz CT molecular complexity index is 570. The third-order valence-corrected chi connectivity index (χ3v) is 5.29. The Balaban J connectivity index is 2.67. The van der Waals surface area contributed by atoms with Gasteiger partial charge in [0.25, 0.3) is 0 Å². The molecule has 0 aromatic heterocycles. The molecule has 0 heterocycles. The van der Waals surface area contributed by atoms with E-state index < -0.39 is 9.84 Å². The minimum absolute atomic E-state index is 0.0592. The molecule has 0 spiro atoms. The number of ketones is 1. The summed E-state index contributed by atoms with van der Waals surface area (Å²) in [6, 6.07) is 4.71. The van der Waals surface area contributed by atoms with E-state index in [9.17, 15) is 13.2 Å². The minimum atomic E-state index is -3.00. The average Bonchev–Trinajstić information content (AvgIpc) is 2.26. The lowest BCUT2D eigenvalue weighted by Gasteiger charge is -2.11. The number of sulfone groups is 1. The number of benzene rings is 1. The summed E-state index contributed by atoms with van der Waals surface area (Å²) in [6.07, 6.45) is 1.18. The van der Waals surface area contributed by atoms with Crippen LogP contribution in [0.4, 0.5) is 0 Å². The molecule has 1 aromatic rings. The van der Waals surface area contributed by atoms with Gasteiger partial charge >= 0.3 is 0 Å². The summed E-state index contributed by atoms with van der Waals surface area (Å²) in [4.78, 5) is 12.1. The van der Waals surface area contributed by atoms with Crippen molar-refractivity contribution in [1.29, 1.82) is 0 Å². The number of hydrogen-bond acceptors (Lipinski definition) is 4. The molecule has 0 aliphatic carbocycles. The molecule has 19 heavy (non-hydrogen) atoms. The van der Waals surface area contributed by atoms with Gasteiger partial charge in [-0.05, 0) is 25.1 Å². The molecule has 1 unspecified atom stereocenters. The van der Waals surface area contributed by atoms with Crippen LogP contribution in [-0.2, 0) is 9.84 Å². The average molecular weight is 341 g/mol. The van der Waals surface area contributed by atoms with Gasteiger partial charge in [0.1, 0.15) is 9.84 Å². The fraction of sp³-hybridized carbons (Fsp3) is 0.417. The van der Waals surface area contributed by atoms with E-state index >= 15 is 0 Å². The highest BCUT2D eigenvalue weighted by atomic mass is 35.5. The number of rotatable bonds is 6. The molecular weight excluding hydrogens is 327 g/mol.